The summed E-state index contributed by atoms with van der Waals surface area (Å²) in [6.45, 7) is 5.20. The van der Waals surface area contributed by atoms with Crippen molar-refractivity contribution in [2.24, 2.45) is 7.05 Å². The average molecular weight is 289 g/mol. The minimum atomic E-state index is 0.904. The van der Waals surface area contributed by atoms with Crippen LogP contribution in [0.2, 0.25) is 0 Å². The van der Waals surface area contributed by atoms with Gasteiger partial charge in [0.2, 0.25) is 0 Å². The van der Waals surface area contributed by atoms with Gasteiger partial charge in [-0.05, 0) is 36.9 Å². The number of imidazole rings is 1. The molecule has 0 fully saturated rings. The van der Waals surface area contributed by atoms with E-state index in [2.05, 4.69) is 58.9 Å². The van der Waals surface area contributed by atoms with Crippen molar-refractivity contribution in [3.05, 3.63) is 48.0 Å². The van der Waals surface area contributed by atoms with Gasteiger partial charge in [0.05, 0.1) is 6.54 Å². The van der Waals surface area contributed by atoms with Crippen molar-refractivity contribution >= 4 is 11.8 Å². The van der Waals surface area contributed by atoms with E-state index in [1.165, 1.54) is 10.5 Å². The Hall–Kier alpha value is -1.26. The second-order valence-electron chi connectivity index (χ2n) is 5.01. The summed E-state index contributed by atoms with van der Waals surface area (Å²) in [7, 11) is 2.06. The maximum absolute atomic E-state index is 4.42. The molecule has 0 unspecified atom stereocenters. The molecule has 1 heterocycles. The van der Waals surface area contributed by atoms with Gasteiger partial charge in [-0.2, -0.15) is 0 Å². The first kappa shape index (κ1) is 15.1. The summed E-state index contributed by atoms with van der Waals surface area (Å²) < 4.78 is 2.10. The van der Waals surface area contributed by atoms with Gasteiger partial charge in [-0.15, -0.1) is 11.8 Å². The third-order valence-electron chi connectivity index (χ3n) is 3.39. The lowest BCUT2D eigenvalue weighted by molar-refractivity contribution is 0.248. The fourth-order valence-corrected chi connectivity index (χ4v) is 2.68. The summed E-state index contributed by atoms with van der Waals surface area (Å²) in [5.41, 5.74) is 1.37. The number of nitrogens with zero attached hydrogens (tertiary/aromatic N) is 3. The fourth-order valence-electron chi connectivity index (χ4n) is 2.27. The molecule has 0 aliphatic rings. The lowest BCUT2D eigenvalue weighted by Gasteiger charge is -2.21. The van der Waals surface area contributed by atoms with Gasteiger partial charge in [0.1, 0.15) is 5.82 Å². The minimum absolute atomic E-state index is 0.904. The smallest absolute Gasteiger partial charge is 0.122 e. The first-order chi connectivity index (χ1) is 9.72. The van der Waals surface area contributed by atoms with E-state index >= 15 is 0 Å². The Kier molecular flexibility index (Phi) is 5.68. The first-order valence-corrected chi connectivity index (χ1v) is 8.27. The van der Waals surface area contributed by atoms with Crippen molar-refractivity contribution in [1.82, 2.24) is 14.5 Å². The highest BCUT2D eigenvalue weighted by molar-refractivity contribution is 7.98. The Labute approximate surface area is 126 Å². The van der Waals surface area contributed by atoms with Crippen molar-refractivity contribution < 1.29 is 0 Å². The molecule has 1 aromatic heterocycles. The van der Waals surface area contributed by atoms with Gasteiger partial charge in [-0.1, -0.05) is 19.1 Å². The first-order valence-electron chi connectivity index (χ1n) is 7.04. The zero-order chi connectivity index (χ0) is 14.4. The highest BCUT2D eigenvalue weighted by Gasteiger charge is 2.09. The molecule has 0 bridgehead atoms. The van der Waals surface area contributed by atoms with Crippen LogP contribution in [0.5, 0.6) is 0 Å². The second kappa shape index (κ2) is 7.50. The van der Waals surface area contributed by atoms with Crippen LogP contribution in [-0.2, 0) is 20.1 Å². The standard InChI is InChI=1S/C16H23N3S/c1-4-10-19(13-16-17-9-11-18(16)2)12-14-5-7-15(20-3)8-6-14/h5-9,11H,4,10,12-13H2,1-3H3. The molecule has 0 amide bonds. The number of aromatic nitrogens is 2. The van der Waals surface area contributed by atoms with Crippen LogP contribution in [0.25, 0.3) is 0 Å². The minimum Gasteiger partial charge on any atom is -0.337 e. The molecule has 2 rings (SSSR count). The third kappa shape index (κ3) is 4.12. The molecule has 0 saturated heterocycles. The van der Waals surface area contributed by atoms with Crippen molar-refractivity contribution in [2.75, 3.05) is 12.8 Å². The predicted octanol–water partition coefficient (Wildman–Crippen LogP) is 3.55. The molecule has 20 heavy (non-hydrogen) atoms. The molecule has 0 aliphatic carbocycles. The summed E-state index contributed by atoms with van der Waals surface area (Å²) in [4.78, 5) is 8.20. The molecule has 3 nitrogen and oxygen atoms in total. The Morgan fingerprint density at radius 2 is 1.95 bits per heavy atom. The monoisotopic (exact) mass is 289 g/mol. The van der Waals surface area contributed by atoms with Crippen LogP contribution >= 0.6 is 11.8 Å². The second-order valence-corrected chi connectivity index (χ2v) is 5.89. The summed E-state index contributed by atoms with van der Waals surface area (Å²) in [6, 6.07) is 8.86. The summed E-state index contributed by atoms with van der Waals surface area (Å²) in [5.74, 6) is 1.12. The van der Waals surface area contributed by atoms with E-state index in [0.29, 0.717) is 0 Å². The van der Waals surface area contributed by atoms with Gasteiger partial charge < -0.3 is 4.57 Å². The molecule has 2 aromatic rings. The zero-order valence-electron chi connectivity index (χ0n) is 12.5. The van der Waals surface area contributed by atoms with Crippen LogP contribution < -0.4 is 0 Å². The van der Waals surface area contributed by atoms with Gasteiger partial charge in [0.15, 0.2) is 0 Å². The highest BCUT2D eigenvalue weighted by Crippen LogP contribution is 2.16. The topological polar surface area (TPSA) is 21.1 Å². The molecular weight excluding hydrogens is 266 g/mol. The zero-order valence-corrected chi connectivity index (χ0v) is 13.4. The predicted molar refractivity (Wildman–Crippen MR) is 85.8 cm³/mol. The maximum atomic E-state index is 4.42. The highest BCUT2D eigenvalue weighted by atomic mass is 32.2. The fraction of sp³-hybridized carbons (Fsp3) is 0.438. The van der Waals surface area contributed by atoms with Gasteiger partial charge in [0, 0.05) is 30.9 Å². The van der Waals surface area contributed by atoms with E-state index in [9.17, 15) is 0 Å². The molecule has 0 spiro atoms. The third-order valence-corrected chi connectivity index (χ3v) is 4.13. The maximum Gasteiger partial charge on any atom is 0.122 e. The normalized spacial score (nSPS) is 11.2. The Morgan fingerprint density at radius 1 is 1.20 bits per heavy atom. The van der Waals surface area contributed by atoms with E-state index in [4.69, 9.17) is 0 Å². The van der Waals surface area contributed by atoms with Crippen LogP contribution in [-0.4, -0.2) is 27.3 Å². The van der Waals surface area contributed by atoms with Crippen LogP contribution in [0.3, 0.4) is 0 Å². The van der Waals surface area contributed by atoms with Crippen molar-refractivity contribution in [3.8, 4) is 0 Å². The van der Waals surface area contributed by atoms with Crippen LogP contribution in [0.4, 0.5) is 0 Å². The van der Waals surface area contributed by atoms with Gasteiger partial charge in [-0.3, -0.25) is 4.90 Å². The molecule has 0 radical (unpaired) electrons. The molecule has 0 atom stereocenters. The Bertz CT molecular complexity index is 519. The van der Waals surface area contributed by atoms with Crippen LogP contribution in [0, 0.1) is 0 Å². The number of hydrogen-bond donors (Lipinski definition) is 0. The van der Waals surface area contributed by atoms with E-state index in [1.54, 1.807) is 11.8 Å². The van der Waals surface area contributed by atoms with Gasteiger partial charge >= 0.3 is 0 Å². The summed E-state index contributed by atoms with van der Waals surface area (Å²) in [5, 5.41) is 0. The van der Waals surface area contributed by atoms with Crippen LogP contribution in [0.1, 0.15) is 24.7 Å². The number of hydrogen-bond acceptors (Lipinski definition) is 3. The molecule has 4 heteroatoms. The number of aryl methyl sites for hydroxylation is 1. The van der Waals surface area contributed by atoms with E-state index < -0.39 is 0 Å². The number of rotatable bonds is 7. The van der Waals surface area contributed by atoms with E-state index in [1.807, 2.05) is 12.4 Å². The Morgan fingerprint density at radius 3 is 2.50 bits per heavy atom. The molecule has 0 aliphatic heterocycles. The molecule has 0 saturated carbocycles. The molecule has 108 valence electrons. The van der Waals surface area contributed by atoms with Crippen molar-refractivity contribution in [3.63, 3.8) is 0 Å². The van der Waals surface area contributed by atoms with E-state index in [-0.39, 0.29) is 0 Å². The van der Waals surface area contributed by atoms with Gasteiger partial charge in [-0.25, -0.2) is 4.98 Å². The van der Waals surface area contributed by atoms with Crippen molar-refractivity contribution in [2.45, 2.75) is 31.3 Å². The SMILES string of the molecule is CCCN(Cc1ccc(SC)cc1)Cc1nccn1C. The van der Waals surface area contributed by atoms with Crippen molar-refractivity contribution in [1.29, 1.82) is 0 Å². The molecule has 1 aromatic carbocycles. The lowest BCUT2D eigenvalue weighted by Crippen LogP contribution is -2.25. The molecular formula is C16H23N3S. The summed E-state index contributed by atoms with van der Waals surface area (Å²) >= 11 is 1.79. The average Bonchev–Trinajstić information content (AvgIpc) is 2.85. The van der Waals surface area contributed by atoms with Crippen LogP contribution in [0.15, 0.2) is 41.6 Å². The lowest BCUT2D eigenvalue weighted by atomic mass is 10.2. The summed E-state index contributed by atoms with van der Waals surface area (Å²) in [6.07, 6.45) is 7.15. The van der Waals surface area contributed by atoms with Gasteiger partial charge in [0.25, 0.3) is 0 Å². The quantitative estimate of drug-likeness (QED) is 0.727. The molecule has 0 N–H and O–H groups in total. The Balaban J connectivity index is 2.02. The number of benzene rings is 1. The van der Waals surface area contributed by atoms with E-state index in [0.717, 1.165) is 31.9 Å². The number of thioether (sulfide) groups is 1. The largest absolute Gasteiger partial charge is 0.337 e.